The van der Waals surface area contributed by atoms with Gasteiger partial charge in [-0.2, -0.15) is 0 Å². The average Bonchev–Trinajstić information content (AvgIpc) is 2.81. The number of hydrogen-bond acceptors (Lipinski definition) is 1. The molecule has 0 amide bonds. The fourth-order valence-electron chi connectivity index (χ4n) is 1.26. The van der Waals surface area contributed by atoms with Crippen molar-refractivity contribution in [2.75, 3.05) is 5.73 Å². The number of halogens is 2. The maximum atomic E-state index is 12.9. The van der Waals surface area contributed by atoms with Crippen molar-refractivity contribution in [2.24, 2.45) is 0 Å². The van der Waals surface area contributed by atoms with Gasteiger partial charge in [0.25, 0.3) is 0 Å². The summed E-state index contributed by atoms with van der Waals surface area (Å²) in [4.78, 5) is 0. The molecule has 0 atom stereocenters. The summed E-state index contributed by atoms with van der Waals surface area (Å²) in [7, 11) is 0. The first-order valence-electron chi connectivity index (χ1n) is 3.93. The van der Waals surface area contributed by atoms with E-state index in [1.165, 1.54) is 12.1 Å². The molecule has 64 valence electrons. The zero-order valence-electron chi connectivity index (χ0n) is 6.48. The molecule has 1 nitrogen and oxygen atoms in total. The Labute approximate surface area is 69.2 Å². The summed E-state index contributed by atoms with van der Waals surface area (Å²) in [6.45, 7) is 0. The molecular formula is C9H9F2N. The summed E-state index contributed by atoms with van der Waals surface area (Å²) in [5.74, 6) is -0.927. The Kier molecular flexibility index (Phi) is 1.53. The van der Waals surface area contributed by atoms with Gasteiger partial charge in [-0.15, -0.1) is 0 Å². The Morgan fingerprint density at radius 1 is 1.17 bits per heavy atom. The third-order valence-electron chi connectivity index (χ3n) is 2.15. The van der Waals surface area contributed by atoms with E-state index in [2.05, 4.69) is 0 Å². The molecule has 1 saturated carbocycles. The van der Waals surface area contributed by atoms with Crippen LogP contribution in [0.4, 0.5) is 14.5 Å². The van der Waals surface area contributed by atoms with Crippen molar-refractivity contribution in [1.82, 2.24) is 0 Å². The monoisotopic (exact) mass is 169 g/mol. The van der Waals surface area contributed by atoms with Crippen molar-refractivity contribution in [3.63, 3.8) is 0 Å². The topological polar surface area (TPSA) is 26.0 Å². The Balaban J connectivity index is 2.45. The van der Waals surface area contributed by atoms with Gasteiger partial charge in [0.2, 0.25) is 0 Å². The van der Waals surface area contributed by atoms with Crippen molar-refractivity contribution in [1.29, 1.82) is 0 Å². The van der Waals surface area contributed by atoms with Crippen LogP contribution in [-0.4, -0.2) is 0 Å². The van der Waals surface area contributed by atoms with Crippen molar-refractivity contribution in [3.05, 3.63) is 29.3 Å². The number of nitrogens with two attached hydrogens (primary N) is 1. The van der Waals surface area contributed by atoms with Crippen molar-refractivity contribution in [2.45, 2.75) is 18.8 Å². The third kappa shape index (κ3) is 1.15. The quantitative estimate of drug-likeness (QED) is 0.642. The van der Waals surface area contributed by atoms with Crippen molar-refractivity contribution >= 4 is 5.69 Å². The molecule has 0 radical (unpaired) electrons. The lowest BCUT2D eigenvalue weighted by molar-refractivity contribution is 0.588. The fourth-order valence-corrected chi connectivity index (χ4v) is 1.26. The molecule has 1 fully saturated rings. The lowest BCUT2D eigenvalue weighted by atomic mass is 10.1. The van der Waals surface area contributed by atoms with Crippen LogP contribution in [0, 0.1) is 11.6 Å². The molecule has 0 heterocycles. The second-order valence-corrected chi connectivity index (χ2v) is 3.17. The minimum atomic E-state index is -0.642. The molecule has 1 aromatic rings. The predicted octanol–water partition coefficient (Wildman–Crippen LogP) is 2.42. The van der Waals surface area contributed by atoms with E-state index in [-0.39, 0.29) is 5.69 Å². The number of anilines is 1. The van der Waals surface area contributed by atoms with Crippen LogP contribution in [0.1, 0.15) is 24.3 Å². The summed E-state index contributed by atoms with van der Waals surface area (Å²) >= 11 is 0. The van der Waals surface area contributed by atoms with Gasteiger partial charge in [0.05, 0.1) is 0 Å². The Bertz CT molecular complexity index is 295. The van der Waals surface area contributed by atoms with Crippen LogP contribution in [-0.2, 0) is 0 Å². The second-order valence-electron chi connectivity index (χ2n) is 3.17. The predicted molar refractivity (Wildman–Crippen MR) is 42.7 cm³/mol. The Morgan fingerprint density at radius 2 is 1.67 bits per heavy atom. The maximum Gasteiger partial charge on any atom is 0.149 e. The van der Waals surface area contributed by atoms with Gasteiger partial charge in [-0.3, -0.25) is 0 Å². The zero-order valence-corrected chi connectivity index (χ0v) is 6.48. The molecule has 1 aliphatic carbocycles. The van der Waals surface area contributed by atoms with E-state index in [0.29, 0.717) is 5.92 Å². The molecule has 0 bridgehead atoms. The normalized spacial score (nSPS) is 16.5. The minimum Gasteiger partial charge on any atom is -0.394 e. The molecule has 12 heavy (non-hydrogen) atoms. The molecular weight excluding hydrogens is 160 g/mol. The van der Waals surface area contributed by atoms with Gasteiger partial charge in [0.1, 0.15) is 17.3 Å². The van der Waals surface area contributed by atoms with Gasteiger partial charge in [-0.25, -0.2) is 8.78 Å². The summed E-state index contributed by atoms with van der Waals surface area (Å²) in [5.41, 5.74) is 5.48. The van der Waals surface area contributed by atoms with Crippen LogP contribution in [0.3, 0.4) is 0 Å². The van der Waals surface area contributed by atoms with E-state index in [1.807, 2.05) is 0 Å². The molecule has 1 aliphatic rings. The van der Waals surface area contributed by atoms with Gasteiger partial charge < -0.3 is 5.73 Å². The van der Waals surface area contributed by atoms with E-state index < -0.39 is 11.6 Å². The molecule has 0 saturated heterocycles. The van der Waals surface area contributed by atoms with Gasteiger partial charge in [0.15, 0.2) is 0 Å². The molecule has 3 heteroatoms. The highest BCUT2D eigenvalue weighted by Gasteiger charge is 2.25. The first-order valence-corrected chi connectivity index (χ1v) is 3.93. The van der Waals surface area contributed by atoms with Gasteiger partial charge >= 0.3 is 0 Å². The molecule has 0 aliphatic heterocycles. The number of rotatable bonds is 1. The maximum absolute atomic E-state index is 12.9. The lowest BCUT2D eigenvalue weighted by Gasteiger charge is -2.02. The average molecular weight is 169 g/mol. The van der Waals surface area contributed by atoms with Gasteiger partial charge in [-0.05, 0) is 36.5 Å². The third-order valence-corrected chi connectivity index (χ3v) is 2.15. The fraction of sp³-hybridized carbons (Fsp3) is 0.333. The largest absolute Gasteiger partial charge is 0.394 e. The Morgan fingerprint density at radius 3 is 2.08 bits per heavy atom. The lowest BCUT2D eigenvalue weighted by Crippen LogP contribution is -1.96. The first kappa shape index (κ1) is 7.53. The standard InChI is InChI=1S/C9H9F2N/c10-7-3-6(5-1-2-5)4-8(11)9(7)12/h3-5H,1-2,12H2. The van der Waals surface area contributed by atoms with E-state index in [0.717, 1.165) is 18.4 Å². The highest BCUT2D eigenvalue weighted by molar-refractivity contribution is 5.44. The van der Waals surface area contributed by atoms with E-state index in [4.69, 9.17) is 5.73 Å². The van der Waals surface area contributed by atoms with Crippen molar-refractivity contribution < 1.29 is 8.78 Å². The minimum absolute atomic E-state index is 0.356. The highest BCUT2D eigenvalue weighted by atomic mass is 19.1. The van der Waals surface area contributed by atoms with E-state index in [1.54, 1.807) is 0 Å². The van der Waals surface area contributed by atoms with Gasteiger partial charge in [-0.1, -0.05) is 0 Å². The second kappa shape index (κ2) is 2.44. The molecule has 2 N–H and O–H groups in total. The summed E-state index contributed by atoms with van der Waals surface area (Å²) < 4.78 is 25.7. The summed E-state index contributed by atoms with van der Waals surface area (Å²) in [6, 6.07) is 2.66. The molecule has 1 aromatic carbocycles. The Hall–Kier alpha value is -1.12. The zero-order chi connectivity index (χ0) is 8.72. The highest BCUT2D eigenvalue weighted by Crippen LogP contribution is 2.41. The van der Waals surface area contributed by atoms with Crippen LogP contribution < -0.4 is 5.73 Å². The number of nitrogen functional groups attached to an aromatic ring is 1. The smallest absolute Gasteiger partial charge is 0.149 e. The van der Waals surface area contributed by atoms with Crippen LogP contribution >= 0.6 is 0 Å². The SMILES string of the molecule is Nc1c(F)cc(C2CC2)cc1F. The first-order chi connectivity index (χ1) is 5.68. The van der Waals surface area contributed by atoms with Crippen molar-refractivity contribution in [3.8, 4) is 0 Å². The van der Waals surface area contributed by atoms with E-state index in [9.17, 15) is 8.78 Å². The van der Waals surface area contributed by atoms with Crippen LogP contribution in [0.5, 0.6) is 0 Å². The number of hydrogen-bond donors (Lipinski definition) is 1. The molecule has 0 unspecified atom stereocenters. The molecule has 0 aromatic heterocycles. The van der Waals surface area contributed by atoms with Gasteiger partial charge in [0, 0.05) is 0 Å². The molecule has 0 spiro atoms. The summed E-state index contributed by atoms with van der Waals surface area (Å²) in [6.07, 6.45) is 2.06. The van der Waals surface area contributed by atoms with Crippen LogP contribution in [0.15, 0.2) is 12.1 Å². The molecule has 2 rings (SSSR count). The van der Waals surface area contributed by atoms with Crippen LogP contribution in [0.25, 0.3) is 0 Å². The number of benzene rings is 1. The van der Waals surface area contributed by atoms with E-state index >= 15 is 0 Å². The van der Waals surface area contributed by atoms with Crippen LogP contribution in [0.2, 0.25) is 0 Å². The summed E-state index contributed by atoms with van der Waals surface area (Å²) in [5, 5.41) is 0.